The van der Waals surface area contributed by atoms with Crippen LogP contribution in [0.25, 0.3) is 11.2 Å². The SMILES string of the molecule is CN1CC[C@@H](c2nc3nccc(C4CCN(C(=O)OC(C)(C)C)CC4)c3[nH]2)C1. The van der Waals surface area contributed by atoms with Crippen LogP contribution in [0.4, 0.5) is 4.79 Å². The number of aromatic amines is 1. The summed E-state index contributed by atoms with van der Waals surface area (Å²) in [5.41, 5.74) is 2.71. The van der Waals surface area contributed by atoms with Gasteiger partial charge in [-0.25, -0.2) is 14.8 Å². The summed E-state index contributed by atoms with van der Waals surface area (Å²) < 4.78 is 5.51. The van der Waals surface area contributed by atoms with Crippen LogP contribution in [0.1, 0.15) is 63.3 Å². The quantitative estimate of drug-likeness (QED) is 0.856. The lowest BCUT2D eigenvalue weighted by molar-refractivity contribution is 0.0205. The second kappa shape index (κ2) is 7.35. The molecule has 1 atom stereocenters. The summed E-state index contributed by atoms with van der Waals surface area (Å²) in [4.78, 5) is 29.4. The molecule has 1 amide bonds. The number of carbonyl (C=O) groups excluding carboxylic acids is 1. The molecular formula is C21H31N5O2. The van der Waals surface area contributed by atoms with Crippen molar-refractivity contribution in [3.63, 3.8) is 0 Å². The van der Waals surface area contributed by atoms with E-state index in [-0.39, 0.29) is 6.09 Å². The number of nitrogens with zero attached hydrogens (tertiary/aromatic N) is 4. The number of likely N-dealkylation sites (N-methyl/N-ethyl adjacent to an activating group) is 1. The monoisotopic (exact) mass is 385 g/mol. The Labute approximate surface area is 166 Å². The summed E-state index contributed by atoms with van der Waals surface area (Å²) in [5.74, 6) is 1.93. The van der Waals surface area contributed by atoms with Crippen molar-refractivity contribution >= 4 is 17.3 Å². The average Bonchev–Trinajstić information content (AvgIpc) is 3.26. The highest BCUT2D eigenvalue weighted by atomic mass is 16.6. The van der Waals surface area contributed by atoms with Gasteiger partial charge in [0.2, 0.25) is 0 Å². The van der Waals surface area contributed by atoms with Gasteiger partial charge in [0.15, 0.2) is 5.65 Å². The zero-order valence-corrected chi connectivity index (χ0v) is 17.4. The third kappa shape index (κ3) is 3.99. The Balaban J connectivity index is 1.48. The van der Waals surface area contributed by atoms with Crippen LogP contribution in [-0.4, -0.2) is 69.7 Å². The van der Waals surface area contributed by atoms with E-state index < -0.39 is 5.60 Å². The van der Waals surface area contributed by atoms with Crippen LogP contribution in [-0.2, 0) is 4.74 Å². The first-order chi connectivity index (χ1) is 13.3. The van der Waals surface area contributed by atoms with Crippen LogP contribution in [0.3, 0.4) is 0 Å². The molecule has 2 aliphatic heterocycles. The fraction of sp³-hybridized carbons (Fsp3) is 0.667. The predicted molar refractivity (Wildman–Crippen MR) is 109 cm³/mol. The maximum absolute atomic E-state index is 12.3. The lowest BCUT2D eigenvalue weighted by Gasteiger charge is -2.33. The maximum atomic E-state index is 12.3. The molecule has 0 saturated carbocycles. The van der Waals surface area contributed by atoms with Crippen molar-refractivity contribution in [2.45, 2.75) is 57.5 Å². The van der Waals surface area contributed by atoms with E-state index in [0.29, 0.717) is 11.8 Å². The van der Waals surface area contributed by atoms with Gasteiger partial charge in [0.1, 0.15) is 11.4 Å². The average molecular weight is 386 g/mol. The molecule has 0 aromatic carbocycles. The number of aromatic nitrogens is 3. The van der Waals surface area contributed by atoms with Gasteiger partial charge in [0.25, 0.3) is 0 Å². The highest BCUT2D eigenvalue weighted by Crippen LogP contribution is 2.33. The van der Waals surface area contributed by atoms with Crippen molar-refractivity contribution in [3.05, 3.63) is 23.7 Å². The minimum Gasteiger partial charge on any atom is -0.444 e. The topological polar surface area (TPSA) is 74.3 Å². The zero-order chi connectivity index (χ0) is 19.9. The summed E-state index contributed by atoms with van der Waals surface area (Å²) in [6, 6.07) is 2.11. The number of H-pyrrole nitrogens is 1. The summed E-state index contributed by atoms with van der Waals surface area (Å²) >= 11 is 0. The van der Waals surface area contributed by atoms with Gasteiger partial charge in [0.05, 0.1) is 5.52 Å². The molecule has 0 radical (unpaired) electrons. The number of imidazole rings is 1. The number of ether oxygens (including phenoxy) is 1. The van der Waals surface area contributed by atoms with E-state index >= 15 is 0 Å². The van der Waals surface area contributed by atoms with E-state index in [0.717, 1.165) is 62.4 Å². The molecule has 4 rings (SSSR count). The van der Waals surface area contributed by atoms with Gasteiger partial charge in [-0.3, -0.25) is 0 Å². The number of nitrogens with one attached hydrogen (secondary N) is 1. The van der Waals surface area contributed by atoms with E-state index in [9.17, 15) is 4.79 Å². The van der Waals surface area contributed by atoms with E-state index in [2.05, 4.69) is 28.0 Å². The van der Waals surface area contributed by atoms with Gasteiger partial charge in [-0.15, -0.1) is 0 Å². The summed E-state index contributed by atoms with van der Waals surface area (Å²) in [7, 11) is 2.16. The molecule has 2 aromatic heterocycles. The van der Waals surface area contributed by atoms with Crippen molar-refractivity contribution < 1.29 is 9.53 Å². The minimum atomic E-state index is -0.453. The van der Waals surface area contributed by atoms with Crippen molar-refractivity contribution in [3.8, 4) is 0 Å². The number of rotatable bonds is 2. The second-order valence-corrected chi connectivity index (χ2v) is 9.21. The number of fused-ring (bicyclic) bond motifs is 1. The Bertz CT molecular complexity index is 848. The number of piperidine rings is 1. The minimum absolute atomic E-state index is 0.208. The molecule has 2 fully saturated rings. The lowest BCUT2D eigenvalue weighted by atomic mass is 9.89. The molecule has 7 heteroatoms. The highest BCUT2D eigenvalue weighted by molar-refractivity contribution is 5.75. The van der Waals surface area contributed by atoms with Crippen LogP contribution in [0.5, 0.6) is 0 Å². The number of hydrogen-bond donors (Lipinski definition) is 1. The Morgan fingerprint density at radius 1 is 1.18 bits per heavy atom. The van der Waals surface area contributed by atoms with Crippen molar-refractivity contribution in [1.29, 1.82) is 0 Å². The molecule has 2 aromatic rings. The van der Waals surface area contributed by atoms with Gasteiger partial charge in [-0.1, -0.05) is 0 Å². The normalized spacial score (nSPS) is 22.1. The third-order valence-corrected chi connectivity index (χ3v) is 5.81. The first-order valence-electron chi connectivity index (χ1n) is 10.3. The van der Waals surface area contributed by atoms with E-state index in [4.69, 9.17) is 9.72 Å². The first kappa shape index (κ1) is 19.2. The molecule has 1 N–H and O–H groups in total. The van der Waals surface area contributed by atoms with Gasteiger partial charge < -0.3 is 19.5 Å². The third-order valence-electron chi connectivity index (χ3n) is 5.81. The van der Waals surface area contributed by atoms with Gasteiger partial charge in [0, 0.05) is 31.7 Å². The smallest absolute Gasteiger partial charge is 0.410 e. The molecule has 2 aliphatic rings. The number of amides is 1. The molecular weight excluding hydrogens is 354 g/mol. The Morgan fingerprint density at radius 3 is 2.54 bits per heavy atom. The van der Waals surface area contributed by atoms with Crippen molar-refractivity contribution in [2.75, 3.05) is 33.2 Å². The lowest BCUT2D eigenvalue weighted by Crippen LogP contribution is -2.41. The van der Waals surface area contributed by atoms with Crippen molar-refractivity contribution in [2.24, 2.45) is 0 Å². The standard InChI is InChI=1S/C21H31N5O2/c1-21(2,3)28-20(27)26-11-7-14(8-12-26)16-5-9-22-19-17(16)23-18(24-19)15-6-10-25(4)13-15/h5,9,14-15H,6-8,10-13H2,1-4H3,(H,22,23,24)/t15-/m1/s1. The van der Waals surface area contributed by atoms with Gasteiger partial charge in [-0.2, -0.15) is 0 Å². The molecule has 0 unspecified atom stereocenters. The van der Waals surface area contributed by atoms with Gasteiger partial charge in [-0.05, 0) is 71.2 Å². The number of pyridine rings is 1. The van der Waals surface area contributed by atoms with Crippen LogP contribution >= 0.6 is 0 Å². The molecule has 0 aliphatic carbocycles. The van der Waals surface area contributed by atoms with E-state index in [1.807, 2.05) is 31.9 Å². The maximum Gasteiger partial charge on any atom is 0.410 e. The molecule has 0 bridgehead atoms. The van der Waals surface area contributed by atoms with Crippen molar-refractivity contribution in [1.82, 2.24) is 24.8 Å². The molecule has 4 heterocycles. The van der Waals surface area contributed by atoms with Gasteiger partial charge >= 0.3 is 6.09 Å². The fourth-order valence-corrected chi connectivity index (χ4v) is 4.34. The van der Waals surface area contributed by atoms with Crippen LogP contribution < -0.4 is 0 Å². The summed E-state index contributed by atoms with van der Waals surface area (Å²) in [5, 5.41) is 0. The Hall–Kier alpha value is -2.15. The van der Waals surface area contributed by atoms with E-state index in [1.54, 1.807) is 0 Å². The molecule has 152 valence electrons. The Kier molecular flexibility index (Phi) is 5.04. The molecule has 28 heavy (non-hydrogen) atoms. The molecule has 0 spiro atoms. The first-order valence-corrected chi connectivity index (χ1v) is 10.3. The van der Waals surface area contributed by atoms with Crippen LogP contribution in [0.15, 0.2) is 12.3 Å². The number of carbonyl (C=O) groups is 1. The largest absolute Gasteiger partial charge is 0.444 e. The Morgan fingerprint density at radius 2 is 1.89 bits per heavy atom. The molecule has 2 saturated heterocycles. The van der Waals surface area contributed by atoms with Crippen LogP contribution in [0, 0.1) is 0 Å². The van der Waals surface area contributed by atoms with E-state index in [1.165, 1.54) is 5.56 Å². The highest BCUT2D eigenvalue weighted by Gasteiger charge is 2.29. The zero-order valence-electron chi connectivity index (χ0n) is 17.4. The fourth-order valence-electron chi connectivity index (χ4n) is 4.34. The number of likely N-dealkylation sites (tertiary alicyclic amines) is 2. The summed E-state index contributed by atoms with van der Waals surface area (Å²) in [6.45, 7) is 9.32. The summed E-state index contributed by atoms with van der Waals surface area (Å²) in [6.07, 6.45) is 4.65. The number of hydrogen-bond acceptors (Lipinski definition) is 5. The van der Waals surface area contributed by atoms with Crippen LogP contribution in [0.2, 0.25) is 0 Å². The second-order valence-electron chi connectivity index (χ2n) is 9.21. The predicted octanol–water partition coefficient (Wildman–Crippen LogP) is 3.49. The molecule has 7 nitrogen and oxygen atoms in total.